The minimum Gasteiger partial charge on any atom is -0.0801 e. The highest BCUT2D eigenvalue weighted by atomic mass is 14.1. The number of fused-ring (bicyclic) bond motifs is 2. The van der Waals surface area contributed by atoms with Crippen molar-refractivity contribution in [3.05, 3.63) is 78.4 Å². The van der Waals surface area contributed by atoms with Crippen LogP contribution in [0.2, 0.25) is 0 Å². The van der Waals surface area contributed by atoms with Crippen molar-refractivity contribution in [3.63, 3.8) is 0 Å². The predicted octanol–water partition coefficient (Wildman–Crippen LogP) is 5.34. The van der Waals surface area contributed by atoms with Gasteiger partial charge >= 0.3 is 0 Å². The molecule has 0 heteroatoms. The molecule has 0 aliphatic heterocycles. The number of hydrogen-bond donors (Lipinski definition) is 0. The molecule has 0 unspecified atom stereocenters. The van der Waals surface area contributed by atoms with Crippen LogP contribution in [0, 0.1) is 0 Å². The molecule has 0 bridgehead atoms. The Hall–Kier alpha value is -2.34. The topological polar surface area (TPSA) is 0 Å². The molecule has 0 radical (unpaired) electrons. The van der Waals surface area contributed by atoms with E-state index in [4.69, 9.17) is 0 Å². The summed E-state index contributed by atoms with van der Waals surface area (Å²) >= 11 is 0. The molecule has 0 N–H and O–H groups in total. The van der Waals surface area contributed by atoms with Gasteiger partial charge in [0.05, 0.1) is 0 Å². The van der Waals surface area contributed by atoms with Gasteiger partial charge in [0.15, 0.2) is 0 Å². The van der Waals surface area contributed by atoms with Crippen LogP contribution in [0.25, 0.3) is 27.1 Å². The maximum Gasteiger partial charge on any atom is -0.0157 e. The quantitative estimate of drug-likeness (QED) is 0.505. The SMILES string of the molecule is C1=CC(c2ccc3cc4ccccc4cc3c2)=CC1. The molecule has 0 heterocycles. The van der Waals surface area contributed by atoms with Gasteiger partial charge in [0.25, 0.3) is 0 Å². The largest absolute Gasteiger partial charge is 0.0801 e. The maximum absolute atomic E-state index is 2.29. The van der Waals surface area contributed by atoms with Gasteiger partial charge in [0, 0.05) is 0 Å². The zero-order valence-corrected chi connectivity index (χ0v) is 10.6. The maximum atomic E-state index is 2.29. The van der Waals surface area contributed by atoms with Gasteiger partial charge in [0.2, 0.25) is 0 Å². The van der Waals surface area contributed by atoms with E-state index in [9.17, 15) is 0 Å². The summed E-state index contributed by atoms with van der Waals surface area (Å²) in [6.45, 7) is 0. The summed E-state index contributed by atoms with van der Waals surface area (Å²) in [5, 5.41) is 5.24. The van der Waals surface area contributed by atoms with Crippen molar-refractivity contribution in [1.82, 2.24) is 0 Å². The minimum atomic E-state index is 1.06. The van der Waals surface area contributed by atoms with E-state index in [-0.39, 0.29) is 0 Å². The molecule has 3 aromatic rings. The second-order valence-electron chi connectivity index (χ2n) is 5.06. The van der Waals surface area contributed by atoms with Crippen LogP contribution in [0.15, 0.2) is 72.8 Å². The van der Waals surface area contributed by atoms with E-state index in [1.165, 1.54) is 32.7 Å². The van der Waals surface area contributed by atoms with Crippen LogP contribution in [0.4, 0.5) is 0 Å². The Bertz CT molecular complexity index is 835. The summed E-state index contributed by atoms with van der Waals surface area (Å²) in [4.78, 5) is 0. The Morgan fingerprint density at radius 2 is 1.42 bits per heavy atom. The smallest absolute Gasteiger partial charge is 0.0157 e. The van der Waals surface area contributed by atoms with Crippen LogP contribution in [-0.2, 0) is 0 Å². The first-order chi connectivity index (χ1) is 9.40. The number of hydrogen-bond acceptors (Lipinski definition) is 0. The third-order valence-corrected chi connectivity index (χ3v) is 3.81. The van der Waals surface area contributed by atoms with Crippen molar-refractivity contribution in [2.45, 2.75) is 6.42 Å². The lowest BCUT2D eigenvalue weighted by Gasteiger charge is -2.05. The number of benzene rings is 3. The number of allylic oxidation sites excluding steroid dienone is 4. The third-order valence-electron chi connectivity index (χ3n) is 3.81. The van der Waals surface area contributed by atoms with Crippen LogP contribution >= 0.6 is 0 Å². The Kier molecular flexibility index (Phi) is 2.28. The molecule has 1 aliphatic rings. The first kappa shape index (κ1) is 10.6. The zero-order valence-electron chi connectivity index (χ0n) is 10.6. The van der Waals surface area contributed by atoms with Gasteiger partial charge in [-0.15, -0.1) is 0 Å². The van der Waals surface area contributed by atoms with E-state index in [1.54, 1.807) is 0 Å². The Labute approximate surface area is 112 Å². The lowest BCUT2D eigenvalue weighted by Crippen LogP contribution is -1.81. The summed E-state index contributed by atoms with van der Waals surface area (Å²) in [5.74, 6) is 0. The highest BCUT2D eigenvalue weighted by Crippen LogP contribution is 2.28. The summed E-state index contributed by atoms with van der Waals surface area (Å²) < 4.78 is 0. The van der Waals surface area contributed by atoms with Crippen LogP contribution in [-0.4, -0.2) is 0 Å². The van der Waals surface area contributed by atoms with Gasteiger partial charge in [-0.05, 0) is 57.3 Å². The van der Waals surface area contributed by atoms with Crippen molar-refractivity contribution in [2.75, 3.05) is 0 Å². The zero-order chi connectivity index (χ0) is 12.7. The van der Waals surface area contributed by atoms with E-state index in [0.717, 1.165) is 6.42 Å². The molecule has 1 aliphatic carbocycles. The molecule has 19 heavy (non-hydrogen) atoms. The molecule has 4 rings (SSSR count). The van der Waals surface area contributed by atoms with E-state index in [2.05, 4.69) is 72.8 Å². The van der Waals surface area contributed by atoms with Gasteiger partial charge in [0.1, 0.15) is 0 Å². The first-order valence-electron chi connectivity index (χ1n) is 6.70. The van der Waals surface area contributed by atoms with Crippen molar-refractivity contribution in [3.8, 4) is 0 Å². The third kappa shape index (κ3) is 1.77. The van der Waals surface area contributed by atoms with Gasteiger partial charge in [-0.25, -0.2) is 0 Å². The van der Waals surface area contributed by atoms with Crippen molar-refractivity contribution < 1.29 is 0 Å². The van der Waals surface area contributed by atoms with Crippen molar-refractivity contribution in [2.24, 2.45) is 0 Å². The molecule has 90 valence electrons. The average molecular weight is 242 g/mol. The fraction of sp³-hybridized carbons (Fsp3) is 0.0526. The molecule has 3 aromatic carbocycles. The molecular formula is C19H14. The monoisotopic (exact) mass is 242 g/mol. The minimum absolute atomic E-state index is 1.06. The standard InChI is InChI=1S/C19H14/c1-2-6-14(5-1)17-9-10-18-11-15-7-3-4-8-16(15)12-19(18)13-17/h1,3-13H,2H2. The van der Waals surface area contributed by atoms with Crippen LogP contribution in [0.5, 0.6) is 0 Å². The molecule has 0 saturated heterocycles. The van der Waals surface area contributed by atoms with Crippen LogP contribution in [0.3, 0.4) is 0 Å². The molecule has 0 nitrogen and oxygen atoms in total. The normalized spacial score (nSPS) is 14.2. The molecule has 0 saturated carbocycles. The van der Waals surface area contributed by atoms with E-state index in [1.807, 2.05) is 0 Å². The van der Waals surface area contributed by atoms with Gasteiger partial charge < -0.3 is 0 Å². The number of rotatable bonds is 1. The second kappa shape index (κ2) is 4.10. The molecule has 0 amide bonds. The highest BCUT2D eigenvalue weighted by molar-refractivity contribution is 5.99. The summed E-state index contributed by atoms with van der Waals surface area (Å²) in [7, 11) is 0. The highest BCUT2D eigenvalue weighted by Gasteiger charge is 2.04. The van der Waals surface area contributed by atoms with Crippen molar-refractivity contribution >= 4 is 27.1 Å². The second-order valence-corrected chi connectivity index (χ2v) is 5.06. The fourth-order valence-corrected chi connectivity index (χ4v) is 2.79. The first-order valence-corrected chi connectivity index (χ1v) is 6.70. The predicted molar refractivity (Wildman–Crippen MR) is 83.2 cm³/mol. The summed E-state index contributed by atoms with van der Waals surface area (Å²) in [5.41, 5.74) is 2.66. The van der Waals surface area contributed by atoms with Crippen LogP contribution in [0.1, 0.15) is 12.0 Å². The fourth-order valence-electron chi connectivity index (χ4n) is 2.79. The van der Waals surface area contributed by atoms with Crippen molar-refractivity contribution in [1.29, 1.82) is 0 Å². The van der Waals surface area contributed by atoms with Gasteiger partial charge in [-0.2, -0.15) is 0 Å². The lowest BCUT2D eigenvalue weighted by molar-refractivity contribution is 1.45. The Balaban J connectivity index is 1.97. The lowest BCUT2D eigenvalue weighted by atomic mass is 9.99. The van der Waals surface area contributed by atoms with E-state index < -0.39 is 0 Å². The van der Waals surface area contributed by atoms with Gasteiger partial charge in [-0.1, -0.05) is 54.6 Å². The molecule has 0 fully saturated rings. The molecule has 0 spiro atoms. The summed E-state index contributed by atoms with van der Waals surface area (Å²) in [6.07, 6.45) is 7.76. The summed E-state index contributed by atoms with van der Waals surface area (Å²) in [6, 6.07) is 19.8. The molecule has 0 atom stereocenters. The van der Waals surface area contributed by atoms with E-state index in [0.29, 0.717) is 0 Å². The van der Waals surface area contributed by atoms with Gasteiger partial charge in [-0.3, -0.25) is 0 Å². The Morgan fingerprint density at radius 1 is 0.684 bits per heavy atom. The Morgan fingerprint density at radius 3 is 2.16 bits per heavy atom. The van der Waals surface area contributed by atoms with Crippen LogP contribution < -0.4 is 0 Å². The molecular weight excluding hydrogens is 228 g/mol. The van der Waals surface area contributed by atoms with E-state index >= 15 is 0 Å². The average Bonchev–Trinajstić information content (AvgIpc) is 2.98. The molecule has 0 aromatic heterocycles.